The Hall–Kier alpha value is -3.42. The Bertz CT molecular complexity index is 965. The van der Waals surface area contributed by atoms with Gasteiger partial charge in [-0.1, -0.05) is 0 Å². The minimum atomic E-state index is -0.281. The van der Waals surface area contributed by atoms with E-state index in [-0.39, 0.29) is 23.2 Å². The summed E-state index contributed by atoms with van der Waals surface area (Å²) in [7, 11) is 1.66. The molecule has 0 aliphatic carbocycles. The summed E-state index contributed by atoms with van der Waals surface area (Å²) in [5.41, 5.74) is 3.04. The number of carbonyl (C=O) groups is 2. The summed E-state index contributed by atoms with van der Waals surface area (Å²) in [5.74, 6) is -0.531. The second-order valence-electron chi connectivity index (χ2n) is 5.60. The lowest BCUT2D eigenvalue weighted by Crippen LogP contribution is -2.29. The van der Waals surface area contributed by atoms with Gasteiger partial charge in [-0.15, -0.1) is 10.2 Å². The van der Waals surface area contributed by atoms with Gasteiger partial charge in [-0.3, -0.25) is 19.6 Å². The van der Waals surface area contributed by atoms with Crippen LogP contribution in [0.15, 0.2) is 47.1 Å². The van der Waals surface area contributed by atoms with Crippen LogP contribution in [0.3, 0.4) is 0 Å². The van der Waals surface area contributed by atoms with Gasteiger partial charge in [-0.05, 0) is 19.1 Å². The van der Waals surface area contributed by atoms with Crippen molar-refractivity contribution in [1.29, 1.82) is 0 Å². The summed E-state index contributed by atoms with van der Waals surface area (Å²) in [5, 5.41) is 8.20. The molecule has 0 aromatic carbocycles. The molecule has 8 heteroatoms. The standard InChI is InChI=1S/C17H14N6O2/c1-3-23-13-5-7-19-9-11(13)15(17(23)25)21-20-14-10-8-18-6-4-12(10)22(2)16(14)24/h4-9H,3H2,1-2H3/b20-14-,21-15-. The highest BCUT2D eigenvalue weighted by atomic mass is 16.2. The van der Waals surface area contributed by atoms with Crippen LogP contribution in [0, 0.1) is 0 Å². The summed E-state index contributed by atoms with van der Waals surface area (Å²) < 4.78 is 0. The van der Waals surface area contributed by atoms with Crippen LogP contribution in [-0.2, 0) is 9.59 Å². The van der Waals surface area contributed by atoms with Crippen molar-refractivity contribution in [2.24, 2.45) is 10.2 Å². The quantitative estimate of drug-likeness (QED) is 0.767. The first-order valence-electron chi connectivity index (χ1n) is 7.77. The molecule has 0 spiro atoms. The molecule has 8 nitrogen and oxygen atoms in total. The minimum absolute atomic E-state index is 0.172. The molecule has 25 heavy (non-hydrogen) atoms. The van der Waals surface area contributed by atoms with E-state index in [4.69, 9.17) is 0 Å². The van der Waals surface area contributed by atoms with Crippen molar-refractivity contribution in [3.8, 4) is 0 Å². The molecule has 0 bridgehead atoms. The molecule has 124 valence electrons. The lowest BCUT2D eigenvalue weighted by Gasteiger charge is -2.12. The Morgan fingerprint density at radius 2 is 1.48 bits per heavy atom. The Kier molecular flexibility index (Phi) is 3.38. The maximum atomic E-state index is 12.6. The van der Waals surface area contributed by atoms with E-state index in [0.29, 0.717) is 23.4 Å². The number of hydrogen-bond acceptors (Lipinski definition) is 6. The van der Waals surface area contributed by atoms with Gasteiger partial charge in [-0.25, -0.2) is 0 Å². The zero-order valence-electron chi connectivity index (χ0n) is 13.7. The summed E-state index contributed by atoms with van der Waals surface area (Å²) >= 11 is 0. The first-order valence-corrected chi connectivity index (χ1v) is 7.77. The lowest BCUT2D eigenvalue weighted by molar-refractivity contribution is -0.112. The second kappa shape index (κ2) is 5.59. The van der Waals surface area contributed by atoms with Crippen molar-refractivity contribution in [1.82, 2.24) is 9.97 Å². The van der Waals surface area contributed by atoms with Gasteiger partial charge in [0, 0.05) is 49.5 Å². The van der Waals surface area contributed by atoms with Crippen LogP contribution in [0.25, 0.3) is 0 Å². The van der Waals surface area contributed by atoms with Crippen molar-refractivity contribution < 1.29 is 9.59 Å². The van der Waals surface area contributed by atoms with Crippen LogP contribution in [0.5, 0.6) is 0 Å². The smallest absolute Gasteiger partial charge is 0.279 e. The van der Waals surface area contributed by atoms with Crippen LogP contribution in [0.1, 0.15) is 18.1 Å². The normalized spacial score (nSPS) is 19.1. The molecule has 2 amide bonds. The van der Waals surface area contributed by atoms with E-state index in [0.717, 1.165) is 5.69 Å². The van der Waals surface area contributed by atoms with Crippen LogP contribution in [0.4, 0.5) is 11.4 Å². The molecular weight excluding hydrogens is 320 g/mol. The molecule has 0 saturated heterocycles. The number of rotatable bonds is 2. The fourth-order valence-electron chi connectivity index (χ4n) is 3.01. The fourth-order valence-corrected chi connectivity index (χ4v) is 3.01. The van der Waals surface area contributed by atoms with Gasteiger partial charge in [0.2, 0.25) is 0 Å². The van der Waals surface area contributed by atoms with Gasteiger partial charge in [0.15, 0.2) is 11.4 Å². The zero-order valence-corrected chi connectivity index (χ0v) is 13.7. The van der Waals surface area contributed by atoms with E-state index in [1.807, 2.05) is 6.92 Å². The molecule has 0 radical (unpaired) electrons. The van der Waals surface area contributed by atoms with E-state index in [1.54, 1.807) is 48.9 Å². The van der Waals surface area contributed by atoms with Crippen molar-refractivity contribution in [3.05, 3.63) is 48.0 Å². The largest absolute Gasteiger partial charge is 0.309 e. The molecule has 4 heterocycles. The number of fused-ring (bicyclic) bond motifs is 2. The molecule has 2 aliphatic rings. The molecule has 0 atom stereocenters. The number of pyridine rings is 2. The monoisotopic (exact) mass is 334 g/mol. The topological polar surface area (TPSA) is 91.1 Å². The third kappa shape index (κ3) is 2.14. The van der Waals surface area contributed by atoms with Gasteiger partial charge in [0.05, 0.1) is 11.4 Å². The van der Waals surface area contributed by atoms with E-state index in [1.165, 1.54) is 4.90 Å². The molecule has 0 fully saturated rings. The highest BCUT2D eigenvalue weighted by molar-refractivity contribution is 6.56. The van der Waals surface area contributed by atoms with Crippen molar-refractivity contribution in [3.63, 3.8) is 0 Å². The number of hydrogen-bond donors (Lipinski definition) is 0. The number of nitrogens with zero attached hydrogens (tertiary/aromatic N) is 6. The Morgan fingerprint density at radius 3 is 2.12 bits per heavy atom. The third-order valence-electron chi connectivity index (χ3n) is 4.28. The number of aromatic nitrogens is 2. The summed E-state index contributed by atoms with van der Waals surface area (Å²) in [6.07, 6.45) is 6.39. The van der Waals surface area contributed by atoms with E-state index in [2.05, 4.69) is 20.2 Å². The Labute approximate surface area is 143 Å². The zero-order chi connectivity index (χ0) is 17.6. The van der Waals surface area contributed by atoms with E-state index in [9.17, 15) is 9.59 Å². The second-order valence-corrected chi connectivity index (χ2v) is 5.60. The van der Waals surface area contributed by atoms with Crippen molar-refractivity contribution >= 4 is 34.6 Å². The summed E-state index contributed by atoms with van der Waals surface area (Å²) in [6.45, 7) is 2.40. The SMILES string of the molecule is CCN1C(=O)/C(=N\N=C2/C(=O)N(C)c3ccncc32)c2cnccc21. The number of carbonyl (C=O) groups excluding carboxylic acids is 2. The Morgan fingerprint density at radius 1 is 0.920 bits per heavy atom. The average Bonchev–Trinajstić information content (AvgIpc) is 3.05. The molecule has 4 rings (SSSR count). The van der Waals surface area contributed by atoms with E-state index < -0.39 is 0 Å². The molecular formula is C17H14N6O2. The molecule has 2 aromatic heterocycles. The maximum Gasteiger partial charge on any atom is 0.279 e. The van der Waals surface area contributed by atoms with Crippen LogP contribution in [0.2, 0.25) is 0 Å². The first-order chi connectivity index (χ1) is 12.1. The molecule has 0 unspecified atom stereocenters. The van der Waals surface area contributed by atoms with Crippen LogP contribution < -0.4 is 9.80 Å². The number of amides is 2. The van der Waals surface area contributed by atoms with Gasteiger partial charge in [0.1, 0.15) is 0 Å². The summed E-state index contributed by atoms with van der Waals surface area (Å²) in [6, 6.07) is 3.50. The fraction of sp³-hybridized carbons (Fsp3) is 0.176. The van der Waals surface area contributed by atoms with Gasteiger partial charge in [0.25, 0.3) is 11.8 Å². The van der Waals surface area contributed by atoms with Crippen molar-refractivity contribution in [2.45, 2.75) is 6.92 Å². The van der Waals surface area contributed by atoms with Gasteiger partial charge in [-0.2, -0.15) is 0 Å². The molecule has 0 N–H and O–H groups in total. The predicted octanol–water partition coefficient (Wildman–Crippen LogP) is 1.01. The maximum absolute atomic E-state index is 12.6. The summed E-state index contributed by atoms with van der Waals surface area (Å²) in [4.78, 5) is 36.2. The van der Waals surface area contributed by atoms with Crippen LogP contribution in [-0.4, -0.2) is 46.8 Å². The van der Waals surface area contributed by atoms with Crippen LogP contribution >= 0.6 is 0 Å². The minimum Gasteiger partial charge on any atom is -0.309 e. The number of anilines is 2. The molecule has 2 aromatic rings. The van der Waals surface area contributed by atoms with Gasteiger partial charge < -0.3 is 9.80 Å². The Balaban J connectivity index is 1.81. The highest BCUT2D eigenvalue weighted by Gasteiger charge is 2.35. The predicted molar refractivity (Wildman–Crippen MR) is 93.0 cm³/mol. The first kappa shape index (κ1) is 15.1. The third-order valence-corrected chi connectivity index (χ3v) is 4.28. The van der Waals surface area contributed by atoms with Gasteiger partial charge >= 0.3 is 0 Å². The molecule has 0 saturated carbocycles. The average molecular weight is 334 g/mol. The number of likely N-dealkylation sites (N-methyl/N-ethyl adjacent to an activating group) is 2. The highest BCUT2D eigenvalue weighted by Crippen LogP contribution is 2.29. The lowest BCUT2D eigenvalue weighted by atomic mass is 10.2. The molecule has 2 aliphatic heterocycles. The van der Waals surface area contributed by atoms with Crippen molar-refractivity contribution in [2.75, 3.05) is 23.4 Å². The van der Waals surface area contributed by atoms with E-state index >= 15 is 0 Å².